The van der Waals surface area contributed by atoms with Gasteiger partial charge in [-0.2, -0.15) is 0 Å². The van der Waals surface area contributed by atoms with E-state index in [-0.39, 0.29) is 12.1 Å². The van der Waals surface area contributed by atoms with Crippen LogP contribution in [0.25, 0.3) is 0 Å². The van der Waals surface area contributed by atoms with Gasteiger partial charge in [0.25, 0.3) is 5.91 Å². The molecule has 0 bridgehead atoms. The topological polar surface area (TPSA) is 76.6 Å². The smallest absolute Gasteiger partial charge is 0.291 e. The Morgan fingerprint density at radius 1 is 1.03 bits per heavy atom. The Morgan fingerprint density at radius 2 is 1.77 bits per heavy atom. The van der Waals surface area contributed by atoms with Gasteiger partial charge in [0.05, 0.1) is 12.6 Å². The molecule has 1 fully saturated rings. The first-order valence-corrected chi connectivity index (χ1v) is 11.8. The van der Waals surface area contributed by atoms with Crippen molar-refractivity contribution >= 4 is 17.5 Å². The molecule has 2 aromatic carbocycles. The van der Waals surface area contributed by atoms with Gasteiger partial charge in [0, 0.05) is 24.5 Å². The van der Waals surface area contributed by atoms with Crippen LogP contribution in [0.2, 0.25) is 0 Å². The Kier molecular flexibility index (Phi) is 7.65. The third-order valence-electron chi connectivity index (χ3n) is 6.14. The second kappa shape index (κ2) is 11.0. The Hall–Kier alpha value is -3.87. The minimum absolute atomic E-state index is 0.145. The van der Waals surface area contributed by atoms with E-state index < -0.39 is 35.3 Å². The molecule has 0 saturated carbocycles. The van der Waals surface area contributed by atoms with E-state index in [4.69, 9.17) is 4.74 Å². The first-order chi connectivity index (χ1) is 17.0. The molecule has 1 aromatic heterocycles. The number of ketones is 2. The van der Waals surface area contributed by atoms with Crippen LogP contribution in [0, 0.1) is 11.7 Å². The monoisotopic (exact) mass is 474 g/mol. The number of hydrogen-bond donors (Lipinski definition) is 0. The Morgan fingerprint density at radius 3 is 2.49 bits per heavy atom. The second-order valence-corrected chi connectivity index (χ2v) is 8.57. The van der Waals surface area contributed by atoms with Gasteiger partial charge in [0.1, 0.15) is 17.5 Å². The fraction of sp³-hybridized carbons (Fsp3) is 0.286. The van der Waals surface area contributed by atoms with Gasteiger partial charge in [0.15, 0.2) is 5.78 Å². The molecule has 1 saturated heterocycles. The minimum Gasteiger partial charge on any atom is -0.494 e. The fourth-order valence-corrected chi connectivity index (χ4v) is 4.34. The van der Waals surface area contributed by atoms with Crippen LogP contribution < -0.4 is 4.74 Å². The lowest BCUT2D eigenvalue weighted by Crippen LogP contribution is -2.30. The molecule has 3 aromatic rings. The third kappa shape index (κ3) is 5.45. The lowest BCUT2D eigenvalue weighted by molar-refractivity contribution is -0.141. The van der Waals surface area contributed by atoms with Crippen LogP contribution in [0.5, 0.6) is 5.75 Å². The van der Waals surface area contributed by atoms with Gasteiger partial charge in [-0.25, -0.2) is 4.39 Å². The number of carbonyl (C=O) groups is 3. The summed E-state index contributed by atoms with van der Waals surface area (Å²) in [6.07, 6.45) is 6.27. The average Bonchev–Trinajstić information content (AvgIpc) is 3.12. The number of benzene rings is 2. The number of ether oxygens (including phenoxy) is 1. The third-order valence-corrected chi connectivity index (χ3v) is 6.14. The first-order valence-electron chi connectivity index (χ1n) is 11.8. The highest BCUT2D eigenvalue weighted by Crippen LogP contribution is 2.40. The molecule has 0 radical (unpaired) electrons. The number of hydrogen-bond acceptors (Lipinski definition) is 5. The molecule has 6 nitrogen and oxygen atoms in total. The van der Waals surface area contributed by atoms with Gasteiger partial charge in [0.2, 0.25) is 5.78 Å². The molecule has 2 unspecified atom stereocenters. The number of unbranched alkanes of at least 4 members (excludes halogenated alkanes) is 2. The largest absolute Gasteiger partial charge is 0.494 e. The zero-order valence-corrected chi connectivity index (χ0v) is 19.5. The van der Waals surface area contributed by atoms with Gasteiger partial charge in [-0.3, -0.25) is 19.4 Å². The van der Waals surface area contributed by atoms with E-state index in [1.807, 2.05) is 6.07 Å². The molecule has 1 aliphatic heterocycles. The highest BCUT2D eigenvalue weighted by Gasteiger charge is 2.51. The van der Waals surface area contributed by atoms with Crippen LogP contribution >= 0.6 is 0 Å². The molecular weight excluding hydrogens is 447 g/mol. The summed E-state index contributed by atoms with van der Waals surface area (Å²) in [4.78, 5) is 45.2. The number of amides is 1. The highest BCUT2D eigenvalue weighted by atomic mass is 19.1. The van der Waals surface area contributed by atoms with Crippen molar-refractivity contribution < 1.29 is 23.5 Å². The molecule has 2 heterocycles. The van der Waals surface area contributed by atoms with E-state index in [2.05, 4.69) is 11.9 Å². The van der Waals surface area contributed by atoms with Crippen molar-refractivity contribution in [1.29, 1.82) is 0 Å². The summed E-state index contributed by atoms with van der Waals surface area (Å²) in [6.45, 7) is 2.81. The Bertz CT molecular complexity index is 1200. The summed E-state index contributed by atoms with van der Waals surface area (Å²) in [5, 5.41) is 0. The van der Waals surface area contributed by atoms with Crippen LogP contribution in [-0.4, -0.2) is 34.0 Å². The molecular formula is C28H27FN2O4. The maximum atomic E-state index is 13.5. The Labute approximate surface area is 203 Å². The number of Topliss-reactive ketones (excluding diaryl/α,β-unsaturated/α-hetero) is 2. The van der Waals surface area contributed by atoms with Crippen molar-refractivity contribution in [2.24, 2.45) is 5.92 Å². The lowest BCUT2D eigenvalue weighted by atomic mass is 9.86. The first kappa shape index (κ1) is 24.3. The lowest BCUT2D eigenvalue weighted by Gasteiger charge is -2.27. The molecule has 0 N–H and O–H groups in total. The van der Waals surface area contributed by atoms with Gasteiger partial charge in [-0.15, -0.1) is 0 Å². The molecule has 180 valence electrons. The summed E-state index contributed by atoms with van der Waals surface area (Å²) < 4.78 is 19.3. The standard InChI is InChI=1S/C28H27FN2O4/c1-2-3-4-16-35-23-7-5-6-21(17-23)25-24(26(32)20-8-10-22(29)11-9-20)27(33)28(34)31(25)18-19-12-14-30-15-13-19/h5-15,17,24-25H,2-4,16,18H2,1H3. The highest BCUT2D eigenvalue weighted by molar-refractivity contribution is 6.44. The maximum absolute atomic E-state index is 13.5. The van der Waals surface area contributed by atoms with Gasteiger partial charge in [-0.1, -0.05) is 31.9 Å². The number of carbonyl (C=O) groups excluding carboxylic acids is 3. The SMILES string of the molecule is CCCCCOc1cccc(C2C(C(=O)c3ccc(F)cc3)C(=O)C(=O)N2Cc2ccncc2)c1. The summed E-state index contributed by atoms with van der Waals surface area (Å²) in [6, 6.07) is 14.9. The van der Waals surface area contributed by atoms with Crippen LogP contribution in [0.4, 0.5) is 4.39 Å². The van der Waals surface area contributed by atoms with E-state index in [1.54, 1.807) is 42.7 Å². The predicted octanol–water partition coefficient (Wildman–Crippen LogP) is 4.94. The number of halogens is 1. The number of likely N-dealkylation sites (tertiary alicyclic amines) is 1. The second-order valence-electron chi connectivity index (χ2n) is 8.57. The molecule has 0 spiro atoms. The van der Waals surface area contributed by atoms with E-state index in [0.717, 1.165) is 24.8 Å². The van der Waals surface area contributed by atoms with Crippen molar-refractivity contribution in [2.75, 3.05) is 6.61 Å². The molecule has 7 heteroatoms. The van der Waals surface area contributed by atoms with Gasteiger partial charge >= 0.3 is 0 Å². The molecule has 0 aliphatic carbocycles. The number of rotatable bonds is 10. The van der Waals surface area contributed by atoms with Crippen molar-refractivity contribution in [3.63, 3.8) is 0 Å². The van der Waals surface area contributed by atoms with E-state index >= 15 is 0 Å². The van der Waals surface area contributed by atoms with Crippen molar-refractivity contribution in [3.8, 4) is 5.75 Å². The molecule has 2 atom stereocenters. The molecule has 1 aliphatic rings. The zero-order chi connectivity index (χ0) is 24.8. The molecule has 4 rings (SSSR count). The quantitative estimate of drug-likeness (QED) is 0.180. The van der Waals surface area contributed by atoms with Gasteiger partial charge < -0.3 is 9.64 Å². The number of aromatic nitrogens is 1. The van der Waals surface area contributed by atoms with Crippen LogP contribution in [0.3, 0.4) is 0 Å². The summed E-state index contributed by atoms with van der Waals surface area (Å²) >= 11 is 0. The molecule has 35 heavy (non-hydrogen) atoms. The summed E-state index contributed by atoms with van der Waals surface area (Å²) in [7, 11) is 0. The summed E-state index contributed by atoms with van der Waals surface area (Å²) in [5.41, 5.74) is 1.60. The van der Waals surface area contributed by atoms with E-state index in [1.165, 1.54) is 29.2 Å². The van der Waals surface area contributed by atoms with Crippen LogP contribution in [-0.2, 0) is 16.1 Å². The zero-order valence-electron chi connectivity index (χ0n) is 19.5. The van der Waals surface area contributed by atoms with Crippen LogP contribution in [0.15, 0.2) is 73.1 Å². The molecule has 1 amide bonds. The van der Waals surface area contributed by atoms with Crippen molar-refractivity contribution in [2.45, 2.75) is 38.8 Å². The summed E-state index contributed by atoms with van der Waals surface area (Å²) in [5.74, 6) is -3.12. The maximum Gasteiger partial charge on any atom is 0.291 e. The van der Waals surface area contributed by atoms with Gasteiger partial charge in [-0.05, 0) is 66.1 Å². The van der Waals surface area contributed by atoms with Crippen LogP contribution in [0.1, 0.15) is 53.7 Å². The van der Waals surface area contributed by atoms with Crippen molar-refractivity contribution in [1.82, 2.24) is 9.88 Å². The number of nitrogens with zero attached hydrogens (tertiary/aromatic N) is 2. The number of pyridine rings is 1. The average molecular weight is 475 g/mol. The van der Waals surface area contributed by atoms with E-state index in [9.17, 15) is 18.8 Å². The normalized spacial score (nSPS) is 17.6. The Balaban J connectivity index is 1.71. The fourth-order valence-electron chi connectivity index (χ4n) is 4.34. The van der Waals surface area contributed by atoms with Crippen molar-refractivity contribution in [3.05, 3.63) is 95.6 Å². The predicted molar refractivity (Wildman–Crippen MR) is 128 cm³/mol. The van der Waals surface area contributed by atoms with E-state index in [0.29, 0.717) is 17.9 Å². The minimum atomic E-state index is -1.25.